The van der Waals surface area contributed by atoms with Crippen LogP contribution in [0.25, 0.3) is 0 Å². The van der Waals surface area contributed by atoms with Gasteiger partial charge in [-0.1, -0.05) is 20.8 Å². The van der Waals surface area contributed by atoms with Crippen molar-refractivity contribution in [2.75, 3.05) is 32.2 Å². The Bertz CT molecular complexity index is 349. The highest BCUT2D eigenvalue weighted by molar-refractivity contribution is 7.09. The van der Waals surface area contributed by atoms with E-state index in [0.717, 1.165) is 17.5 Å². The van der Waals surface area contributed by atoms with E-state index >= 15 is 0 Å². The number of ether oxygens (including phenoxy) is 2. The lowest BCUT2D eigenvalue weighted by molar-refractivity contribution is -0.0183. The Morgan fingerprint density at radius 3 is 2.67 bits per heavy atom. The summed E-state index contributed by atoms with van der Waals surface area (Å²) in [5, 5.41) is 3.99. The van der Waals surface area contributed by atoms with Gasteiger partial charge in [0.05, 0.1) is 6.61 Å². The van der Waals surface area contributed by atoms with Gasteiger partial charge in [-0.15, -0.1) is 0 Å². The first-order chi connectivity index (χ1) is 8.49. The summed E-state index contributed by atoms with van der Waals surface area (Å²) in [6.07, 6.45) is -0.0725. The fourth-order valence-corrected chi connectivity index (χ4v) is 2.17. The standard InChI is InChI=1S/C12H23N3O2S/c1-6-17-9(12(2,3)4)10-14-11(18-15-10)13-7-8-16-5/h9H,6-8H2,1-5H3,(H,13,14,15). The molecule has 0 bridgehead atoms. The van der Waals surface area contributed by atoms with Crippen LogP contribution in [0.4, 0.5) is 5.13 Å². The lowest BCUT2D eigenvalue weighted by Crippen LogP contribution is -2.22. The molecule has 1 heterocycles. The summed E-state index contributed by atoms with van der Waals surface area (Å²) in [6, 6.07) is 0. The Kier molecular flexibility index (Phi) is 5.98. The van der Waals surface area contributed by atoms with E-state index in [-0.39, 0.29) is 11.5 Å². The minimum atomic E-state index is -0.0725. The third-order valence-electron chi connectivity index (χ3n) is 2.38. The highest BCUT2D eigenvalue weighted by Gasteiger charge is 2.30. The van der Waals surface area contributed by atoms with E-state index in [0.29, 0.717) is 13.2 Å². The van der Waals surface area contributed by atoms with Crippen LogP contribution in [0.1, 0.15) is 39.6 Å². The average Bonchev–Trinajstić information content (AvgIpc) is 2.73. The second-order valence-corrected chi connectivity index (χ2v) is 5.83. The van der Waals surface area contributed by atoms with Gasteiger partial charge in [0.25, 0.3) is 0 Å². The van der Waals surface area contributed by atoms with Crippen molar-refractivity contribution in [1.29, 1.82) is 0 Å². The molecule has 1 unspecified atom stereocenters. The van der Waals surface area contributed by atoms with Gasteiger partial charge >= 0.3 is 0 Å². The molecule has 0 saturated carbocycles. The van der Waals surface area contributed by atoms with Crippen molar-refractivity contribution in [3.63, 3.8) is 0 Å². The second kappa shape index (κ2) is 7.01. The van der Waals surface area contributed by atoms with Gasteiger partial charge in [0, 0.05) is 31.8 Å². The van der Waals surface area contributed by atoms with Crippen molar-refractivity contribution in [3.8, 4) is 0 Å². The number of anilines is 1. The average molecular weight is 273 g/mol. The quantitative estimate of drug-likeness (QED) is 0.774. The molecule has 1 rings (SSSR count). The SMILES string of the molecule is CCOC(c1nsc(NCCOC)n1)C(C)(C)C. The Labute approximate surface area is 113 Å². The molecule has 0 spiro atoms. The van der Waals surface area contributed by atoms with E-state index < -0.39 is 0 Å². The smallest absolute Gasteiger partial charge is 0.202 e. The van der Waals surface area contributed by atoms with Crippen LogP contribution in [0.5, 0.6) is 0 Å². The molecule has 0 radical (unpaired) electrons. The Morgan fingerprint density at radius 2 is 2.11 bits per heavy atom. The Balaban J connectivity index is 2.69. The number of nitrogens with zero attached hydrogens (tertiary/aromatic N) is 2. The third-order valence-corrected chi connectivity index (χ3v) is 3.07. The molecule has 0 aliphatic heterocycles. The first kappa shape index (κ1) is 15.3. The van der Waals surface area contributed by atoms with Gasteiger partial charge in [0.2, 0.25) is 5.13 Å². The summed E-state index contributed by atoms with van der Waals surface area (Å²) in [7, 11) is 1.68. The molecule has 0 amide bonds. The number of aromatic nitrogens is 2. The lowest BCUT2D eigenvalue weighted by Gasteiger charge is -2.27. The first-order valence-corrected chi connectivity index (χ1v) is 6.94. The number of methoxy groups -OCH3 is 1. The van der Waals surface area contributed by atoms with Crippen LogP contribution in [0.3, 0.4) is 0 Å². The molecule has 0 aliphatic rings. The summed E-state index contributed by atoms with van der Waals surface area (Å²) < 4.78 is 15.1. The van der Waals surface area contributed by atoms with Crippen molar-refractivity contribution in [2.24, 2.45) is 5.41 Å². The molecule has 5 nitrogen and oxygen atoms in total. The molecular weight excluding hydrogens is 250 g/mol. The van der Waals surface area contributed by atoms with Crippen LogP contribution in [0.15, 0.2) is 0 Å². The van der Waals surface area contributed by atoms with E-state index in [9.17, 15) is 0 Å². The summed E-state index contributed by atoms with van der Waals surface area (Å²) >= 11 is 1.36. The van der Waals surface area contributed by atoms with E-state index in [1.54, 1.807) is 7.11 Å². The van der Waals surface area contributed by atoms with Gasteiger partial charge < -0.3 is 14.8 Å². The Hall–Kier alpha value is -0.720. The highest BCUT2D eigenvalue weighted by Crippen LogP contribution is 2.35. The zero-order valence-electron chi connectivity index (χ0n) is 11.8. The zero-order valence-corrected chi connectivity index (χ0v) is 12.6. The fourth-order valence-electron chi connectivity index (χ4n) is 1.55. The van der Waals surface area contributed by atoms with Gasteiger partial charge in [-0.2, -0.15) is 4.37 Å². The van der Waals surface area contributed by atoms with Crippen LogP contribution < -0.4 is 5.32 Å². The van der Waals surface area contributed by atoms with Crippen LogP contribution >= 0.6 is 11.5 Å². The summed E-state index contributed by atoms with van der Waals surface area (Å²) in [5.41, 5.74) is -0.0130. The first-order valence-electron chi connectivity index (χ1n) is 6.17. The van der Waals surface area contributed by atoms with Crippen LogP contribution in [0.2, 0.25) is 0 Å². The van der Waals surface area contributed by atoms with E-state index in [1.807, 2.05) is 6.92 Å². The van der Waals surface area contributed by atoms with Gasteiger partial charge in [-0.25, -0.2) is 4.98 Å². The molecule has 0 aromatic carbocycles. The van der Waals surface area contributed by atoms with Gasteiger partial charge in [0.15, 0.2) is 5.82 Å². The minimum absolute atomic E-state index is 0.0130. The van der Waals surface area contributed by atoms with Gasteiger partial charge in [0.1, 0.15) is 6.10 Å². The second-order valence-electron chi connectivity index (χ2n) is 5.08. The van der Waals surface area contributed by atoms with Crippen molar-refractivity contribution >= 4 is 16.7 Å². The summed E-state index contributed by atoms with van der Waals surface area (Å²) in [6.45, 7) is 10.4. The van der Waals surface area contributed by atoms with Crippen LogP contribution in [-0.4, -0.2) is 36.2 Å². The molecule has 0 fully saturated rings. The molecule has 18 heavy (non-hydrogen) atoms. The Morgan fingerprint density at radius 1 is 1.39 bits per heavy atom. The van der Waals surface area contributed by atoms with E-state index in [4.69, 9.17) is 9.47 Å². The predicted molar refractivity (Wildman–Crippen MR) is 74.1 cm³/mol. The van der Waals surface area contributed by atoms with E-state index in [2.05, 4.69) is 35.4 Å². The predicted octanol–water partition coefficient (Wildman–Crippen LogP) is 2.72. The van der Waals surface area contributed by atoms with Crippen LogP contribution in [0, 0.1) is 5.41 Å². The van der Waals surface area contributed by atoms with E-state index in [1.165, 1.54) is 11.5 Å². The largest absolute Gasteiger partial charge is 0.383 e. The van der Waals surface area contributed by atoms with Crippen molar-refractivity contribution < 1.29 is 9.47 Å². The maximum Gasteiger partial charge on any atom is 0.202 e. The molecule has 104 valence electrons. The van der Waals surface area contributed by atoms with Crippen molar-refractivity contribution in [1.82, 2.24) is 9.36 Å². The molecular formula is C12H23N3O2S. The normalized spacial score (nSPS) is 13.6. The van der Waals surface area contributed by atoms with Crippen molar-refractivity contribution in [2.45, 2.75) is 33.8 Å². The number of nitrogens with one attached hydrogen (secondary N) is 1. The maximum absolute atomic E-state index is 5.76. The molecule has 1 aromatic rings. The van der Waals surface area contributed by atoms with Gasteiger partial charge in [-0.05, 0) is 12.3 Å². The lowest BCUT2D eigenvalue weighted by atomic mass is 9.88. The summed E-state index contributed by atoms with van der Waals surface area (Å²) in [4.78, 5) is 4.48. The van der Waals surface area contributed by atoms with Crippen molar-refractivity contribution in [3.05, 3.63) is 5.82 Å². The molecule has 1 N–H and O–H groups in total. The minimum Gasteiger partial charge on any atom is -0.383 e. The molecule has 1 atom stereocenters. The molecule has 1 aromatic heterocycles. The van der Waals surface area contributed by atoms with Gasteiger partial charge in [-0.3, -0.25) is 0 Å². The van der Waals surface area contributed by atoms with Crippen LogP contribution in [-0.2, 0) is 9.47 Å². The third kappa shape index (κ3) is 4.51. The fraction of sp³-hybridized carbons (Fsp3) is 0.833. The molecule has 0 aliphatic carbocycles. The highest BCUT2D eigenvalue weighted by atomic mass is 32.1. The molecule has 6 heteroatoms. The topological polar surface area (TPSA) is 56.3 Å². The summed E-state index contributed by atoms with van der Waals surface area (Å²) in [5.74, 6) is 0.759. The number of hydrogen-bond acceptors (Lipinski definition) is 6. The molecule has 0 saturated heterocycles. The number of hydrogen-bond donors (Lipinski definition) is 1. The zero-order chi connectivity index (χ0) is 13.6. The maximum atomic E-state index is 5.76. The number of rotatable bonds is 7. The monoisotopic (exact) mass is 273 g/mol.